The maximum Gasteiger partial charge on any atom is 0.412 e. The van der Waals surface area contributed by atoms with E-state index in [0.29, 0.717) is 11.4 Å². The molecule has 184 valence electrons. The maximum atomic E-state index is 12.0. The van der Waals surface area contributed by atoms with Gasteiger partial charge >= 0.3 is 18.2 Å². The van der Waals surface area contributed by atoms with Gasteiger partial charge in [-0.05, 0) is 76.9 Å². The number of anilines is 2. The van der Waals surface area contributed by atoms with Gasteiger partial charge in [0, 0.05) is 24.2 Å². The van der Waals surface area contributed by atoms with Gasteiger partial charge in [0.25, 0.3) is 0 Å². The predicted molar refractivity (Wildman–Crippen MR) is 131 cm³/mol. The smallest absolute Gasteiger partial charge is 0.412 e. The van der Waals surface area contributed by atoms with Crippen LogP contribution in [-0.4, -0.2) is 36.0 Å². The van der Waals surface area contributed by atoms with Gasteiger partial charge in [0.15, 0.2) is 0 Å². The second-order valence-corrected chi connectivity index (χ2v) is 9.85. The lowest BCUT2D eigenvalue weighted by molar-refractivity contribution is -0.141. The van der Waals surface area contributed by atoms with E-state index in [1.54, 1.807) is 65.8 Å². The van der Waals surface area contributed by atoms with E-state index >= 15 is 0 Å². The molecular formula is C26H34N2O6. The lowest BCUT2D eigenvalue weighted by atomic mass is 9.91. The Balaban J connectivity index is 2.16. The molecule has 0 atom stereocenters. The number of hydrogen-bond donors (Lipinski definition) is 2. The summed E-state index contributed by atoms with van der Waals surface area (Å²) in [6.07, 6.45) is -1.07. The van der Waals surface area contributed by atoms with Crippen LogP contribution in [0.2, 0.25) is 0 Å². The molecular weight excluding hydrogens is 436 g/mol. The fourth-order valence-corrected chi connectivity index (χ4v) is 3.03. The van der Waals surface area contributed by atoms with E-state index in [0.717, 1.165) is 11.1 Å². The van der Waals surface area contributed by atoms with Crippen molar-refractivity contribution in [2.75, 3.05) is 17.2 Å². The molecule has 0 unspecified atom stereocenters. The SMILES string of the molecule is CC(=O)OCC(c1ccc(NC(=O)OC(C)(C)C)cc1)c1ccc(NC(=O)OC(C)(C)C)cc1. The minimum atomic E-state index is -0.594. The Hall–Kier alpha value is -3.55. The van der Waals surface area contributed by atoms with Crippen molar-refractivity contribution in [3.8, 4) is 0 Å². The number of ether oxygens (including phenoxy) is 3. The number of esters is 1. The highest BCUT2D eigenvalue weighted by atomic mass is 16.6. The topological polar surface area (TPSA) is 103 Å². The van der Waals surface area contributed by atoms with Gasteiger partial charge in [-0.1, -0.05) is 24.3 Å². The molecule has 2 rings (SSSR count). The highest BCUT2D eigenvalue weighted by Crippen LogP contribution is 2.28. The first kappa shape index (κ1) is 26.7. The summed E-state index contributed by atoms with van der Waals surface area (Å²) in [5.74, 6) is -0.619. The van der Waals surface area contributed by atoms with Crippen LogP contribution in [0.3, 0.4) is 0 Å². The van der Waals surface area contributed by atoms with Gasteiger partial charge in [-0.15, -0.1) is 0 Å². The van der Waals surface area contributed by atoms with Gasteiger partial charge in [0.2, 0.25) is 0 Å². The van der Waals surface area contributed by atoms with Crippen LogP contribution in [0.5, 0.6) is 0 Å². The van der Waals surface area contributed by atoms with E-state index in [2.05, 4.69) is 10.6 Å². The fourth-order valence-electron chi connectivity index (χ4n) is 3.03. The summed E-state index contributed by atoms with van der Waals surface area (Å²) < 4.78 is 15.8. The third-order valence-corrected chi connectivity index (χ3v) is 4.37. The molecule has 2 amide bonds. The molecule has 2 aromatic rings. The van der Waals surface area contributed by atoms with Crippen molar-refractivity contribution >= 4 is 29.5 Å². The molecule has 0 aliphatic rings. The number of amides is 2. The molecule has 2 N–H and O–H groups in total. The quantitative estimate of drug-likeness (QED) is 0.392. The molecule has 2 aromatic carbocycles. The zero-order valence-corrected chi connectivity index (χ0v) is 20.9. The Kier molecular flexibility index (Phi) is 8.68. The van der Waals surface area contributed by atoms with Crippen LogP contribution >= 0.6 is 0 Å². The van der Waals surface area contributed by atoms with Gasteiger partial charge in [-0.25, -0.2) is 9.59 Å². The number of nitrogens with one attached hydrogen (secondary N) is 2. The second kappa shape index (κ2) is 11.0. The molecule has 0 spiro atoms. The standard InChI is InChI=1S/C26H34N2O6/c1-17(29)32-16-22(18-8-12-20(13-9-18)27-23(30)33-25(2,3)4)19-10-14-21(15-11-19)28-24(31)34-26(5,6)7/h8-15,22H,16H2,1-7H3,(H,27,30)(H,28,31). The van der Waals surface area contributed by atoms with Crippen LogP contribution in [-0.2, 0) is 19.0 Å². The summed E-state index contributed by atoms with van der Waals surface area (Å²) in [5, 5.41) is 5.40. The summed E-state index contributed by atoms with van der Waals surface area (Å²) in [6.45, 7) is 12.3. The number of carbonyl (C=O) groups excluding carboxylic acids is 3. The van der Waals surface area contributed by atoms with Crippen molar-refractivity contribution in [1.29, 1.82) is 0 Å². The third kappa shape index (κ3) is 9.52. The summed E-state index contributed by atoms with van der Waals surface area (Å²) in [4.78, 5) is 35.4. The van der Waals surface area contributed by atoms with Crippen LogP contribution in [0.4, 0.5) is 21.0 Å². The van der Waals surface area contributed by atoms with Crippen molar-refractivity contribution in [3.05, 3.63) is 59.7 Å². The first-order valence-electron chi connectivity index (χ1n) is 11.1. The Morgan fingerprint density at radius 2 is 1.06 bits per heavy atom. The predicted octanol–water partition coefficient (Wildman–Crippen LogP) is 6.08. The molecule has 0 saturated heterocycles. The van der Waals surface area contributed by atoms with E-state index in [-0.39, 0.29) is 18.5 Å². The minimum absolute atomic E-state index is 0.146. The van der Waals surface area contributed by atoms with E-state index in [4.69, 9.17) is 14.2 Å². The summed E-state index contributed by atoms with van der Waals surface area (Å²) >= 11 is 0. The molecule has 0 saturated carbocycles. The van der Waals surface area contributed by atoms with Crippen LogP contribution in [0, 0.1) is 0 Å². The minimum Gasteiger partial charge on any atom is -0.465 e. The first-order valence-corrected chi connectivity index (χ1v) is 11.1. The van der Waals surface area contributed by atoms with Crippen molar-refractivity contribution in [2.45, 2.75) is 65.6 Å². The van der Waals surface area contributed by atoms with Crippen molar-refractivity contribution in [2.24, 2.45) is 0 Å². The third-order valence-electron chi connectivity index (χ3n) is 4.37. The van der Waals surface area contributed by atoms with Gasteiger partial charge in [0.1, 0.15) is 17.8 Å². The van der Waals surface area contributed by atoms with Gasteiger partial charge in [-0.3, -0.25) is 15.4 Å². The largest absolute Gasteiger partial charge is 0.465 e. The van der Waals surface area contributed by atoms with Crippen LogP contribution in [0.1, 0.15) is 65.5 Å². The molecule has 0 fully saturated rings. The maximum absolute atomic E-state index is 12.0. The average Bonchev–Trinajstić information content (AvgIpc) is 2.67. The number of hydrogen-bond acceptors (Lipinski definition) is 6. The van der Waals surface area contributed by atoms with E-state index in [9.17, 15) is 14.4 Å². The Labute approximate surface area is 201 Å². The van der Waals surface area contributed by atoms with E-state index in [1.807, 2.05) is 24.3 Å². The van der Waals surface area contributed by atoms with Gasteiger partial charge in [-0.2, -0.15) is 0 Å². The summed E-state index contributed by atoms with van der Waals surface area (Å²) in [5.41, 5.74) is 1.77. The molecule has 0 heterocycles. The van der Waals surface area contributed by atoms with Gasteiger partial charge < -0.3 is 14.2 Å². The average molecular weight is 471 g/mol. The fraction of sp³-hybridized carbons (Fsp3) is 0.423. The summed E-state index contributed by atoms with van der Waals surface area (Å²) in [7, 11) is 0. The molecule has 0 aliphatic carbocycles. The Morgan fingerprint density at radius 3 is 1.35 bits per heavy atom. The molecule has 0 aliphatic heterocycles. The Bertz CT molecular complexity index is 912. The molecule has 8 nitrogen and oxygen atoms in total. The number of rotatable bonds is 6. The van der Waals surface area contributed by atoms with Crippen molar-refractivity contribution < 1.29 is 28.6 Å². The monoisotopic (exact) mass is 470 g/mol. The van der Waals surface area contributed by atoms with E-state index < -0.39 is 23.4 Å². The normalized spacial score (nSPS) is 11.5. The number of carbonyl (C=O) groups is 3. The molecule has 0 bridgehead atoms. The lowest BCUT2D eigenvalue weighted by Crippen LogP contribution is -2.27. The van der Waals surface area contributed by atoms with E-state index in [1.165, 1.54) is 6.92 Å². The molecule has 0 aromatic heterocycles. The van der Waals surface area contributed by atoms with Crippen LogP contribution in [0.15, 0.2) is 48.5 Å². The second-order valence-electron chi connectivity index (χ2n) is 9.85. The molecule has 34 heavy (non-hydrogen) atoms. The zero-order chi connectivity index (χ0) is 25.5. The molecule has 0 radical (unpaired) electrons. The summed E-state index contributed by atoms with van der Waals surface area (Å²) in [6, 6.07) is 14.5. The van der Waals surface area contributed by atoms with Gasteiger partial charge in [0.05, 0.1) is 0 Å². The van der Waals surface area contributed by atoms with Crippen molar-refractivity contribution in [3.63, 3.8) is 0 Å². The Morgan fingerprint density at radius 1 is 0.706 bits per heavy atom. The van der Waals surface area contributed by atoms with Crippen LogP contribution < -0.4 is 10.6 Å². The highest BCUT2D eigenvalue weighted by molar-refractivity contribution is 5.85. The van der Waals surface area contributed by atoms with Crippen LogP contribution in [0.25, 0.3) is 0 Å². The number of benzene rings is 2. The lowest BCUT2D eigenvalue weighted by Gasteiger charge is -2.21. The zero-order valence-electron chi connectivity index (χ0n) is 20.9. The molecule has 8 heteroatoms. The first-order chi connectivity index (χ1) is 15.7. The highest BCUT2D eigenvalue weighted by Gasteiger charge is 2.19. The van der Waals surface area contributed by atoms with Crippen molar-refractivity contribution in [1.82, 2.24) is 0 Å².